The minimum absolute atomic E-state index is 0.0117. The highest BCUT2D eigenvalue weighted by Crippen LogP contribution is 2.39. The summed E-state index contributed by atoms with van der Waals surface area (Å²) in [5, 5.41) is -0.178. The van der Waals surface area contributed by atoms with Crippen LogP contribution >= 0.6 is 11.6 Å². The molecule has 3 aromatic rings. The van der Waals surface area contributed by atoms with Crippen molar-refractivity contribution in [3.05, 3.63) is 74.7 Å². The predicted molar refractivity (Wildman–Crippen MR) is 201 cm³/mol. The molecule has 0 radical (unpaired) electrons. The number of halogens is 4. The van der Waals surface area contributed by atoms with Crippen molar-refractivity contribution in [3.63, 3.8) is 0 Å². The van der Waals surface area contributed by atoms with Gasteiger partial charge < -0.3 is 20.4 Å². The van der Waals surface area contributed by atoms with Crippen LogP contribution in [0.5, 0.6) is 0 Å². The number of likely N-dealkylation sites (tertiary alicyclic amines) is 1. The van der Waals surface area contributed by atoms with Crippen molar-refractivity contribution in [2.45, 2.75) is 122 Å². The Kier molecular flexibility index (Phi) is 12.8. The number of rotatable bonds is 12. The van der Waals surface area contributed by atoms with Crippen LogP contribution < -0.4 is 11.4 Å². The number of aromatic amines is 1. The largest absolute Gasteiger partial charge is 0.418 e. The Morgan fingerprint density at radius 1 is 0.981 bits per heavy atom. The van der Waals surface area contributed by atoms with Crippen molar-refractivity contribution in [2.24, 2.45) is 17.8 Å². The second kappa shape index (κ2) is 17.3. The van der Waals surface area contributed by atoms with Crippen LogP contribution in [0.15, 0.2) is 52.8 Å². The lowest BCUT2D eigenvalue weighted by Gasteiger charge is -2.35. The third kappa shape index (κ3) is 9.46. The van der Waals surface area contributed by atoms with E-state index < -0.39 is 23.5 Å². The van der Waals surface area contributed by atoms with Gasteiger partial charge in [-0.1, -0.05) is 48.2 Å². The highest BCUT2D eigenvalue weighted by Gasteiger charge is 2.36. The molecule has 1 saturated heterocycles. The summed E-state index contributed by atoms with van der Waals surface area (Å²) in [5.74, 6) is 1.68. The van der Waals surface area contributed by atoms with Gasteiger partial charge in [-0.25, -0.2) is 4.79 Å². The van der Waals surface area contributed by atoms with Crippen LogP contribution in [0, 0.1) is 17.8 Å². The summed E-state index contributed by atoms with van der Waals surface area (Å²) in [5.41, 5.74) is 7.79. The number of nitrogens with one attached hydrogen (secondary N) is 1. The molecule has 52 heavy (non-hydrogen) atoms. The van der Waals surface area contributed by atoms with Crippen LogP contribution in [0.4, 0.5) is 18.9 Å². The number of imidazole rings is 1. The number of para-hydroxylation sites is 2. The smallest absolute Gasteiger partial charge is 0.397 e. The molecule has 3 fully saturated rings. The number of carbonyl (C=O) groups is 1. The first-order valence-electron chi connectivity index (χ1n) is 19.4. The second-order valence-corrected chi connectivity index (χ2v) is 15.9. The van der Waals surface area contributed by atoms with Gasteiger partial charge in [0.05, 0.1) is 27.3 Å². The van der Waals surface area contributed by atoms with Crippen molar-refractivity contribution >= 4 is 34.2 Å². The average Bonchev–Trinajstić information content (AvgIpc) is 3.48. The van der Waals surface area contributed by atoms with Crippen LogP contribution in [0.3, 0.4) is 0 Å². The number of aromatic nitrogens is 2. The van der Waals surface area contributed by atoms with E-state index in [4.69, 9.17) is 22.1 Å². The van der Waals surface area contributed by atoms with E-state index in [2.05, 4.69) is 18.0 Å². The summed E-state index contributed by atoms with van der Waals surface area (Å²) in [6, 6.07) is 10.4. The lowest BCUT2D eigenvalue weighted by Crippen LogP contribution is -2.45. The fraction of sp³-hybridized carbons (Fsp3) is 0.610. The Morgan fingerprint density at radius 3 is 2.31 bits per heavy atom. The number of carbonyl (C=O) groups excluding carboxylic acids is 1. The standard InChI is InChI=1S/C41H54ClF3N4O3/c1-2-27-9-11-29(12-10-27)13-14-30-19-21-48(22-20-30)39(50)37(26-31-24-33(41(43,44)45)38(46)34(42)25-31)52-23-5-6-28-15-17-32(18-16-28)49-36-8-4-3-7-35(36)47-40(49)51/h2-4,7-8,24-25,28-30,32,37H,5-6,9-23,26,46H2,1H3,(H,47,51)/t28?,29?,32?,37-/m1/s1. The molecule has 1 amide bonds. The van der Waals surface area contributed by atoms with Crippen LogP contribution in [-0.4, -0.2) is 46.2 Å². The van der Waals surface area contributed by atoms with E-state index >= 15 is 0 Å². The molecule has 1 atom stereocenters. The van der Waals surface area contributed by atoms with E-state index in [1.165, 1.54) is 44.6 Å². The second-order valence-electron chi connectivity index (χ2n) is 15.5. The zero-order valence-corrected chi connectivity index (χ0v) is 31.1. The van der Waals surface area contributed by atoms with E-state index in [0.717, 1.165) is 74.4 Å². The lowest BCUT2D eigenvalue weighted by atomic mass is 9.80. The molecule has 6 rings (SSSR count). The van der Waals surface area contributed by atoms with Crippen molar-refractivity contribution in [3.8, 4) is 0 Å². The Morgan fingerprint density at radius 2 is 1.63 bits per heavy atom. The molecule has 7 nitrogen and oxygen atoms in total. The quantitative estimate of drug-likeness (QED) is 0.110. The van der Waals surface area contributed by atoms with Crippen LogP contribution in [0.25, 0.3) is 11.0 Å². The van der Waals surface area contributed by atoms with Crippen LogP contribution in [-0.2, 0) is 22.1 Å². The number of allylic oxidation sites excluding steroid dienone is 2. The summed E-state index contributed by atoms with van der Waals surface area (Å²) in [7, 11) is 0. The number of nitrogens with zero attached hydrogens (tertiary/aromatic N) is 2. The topological polar surface area (TPSA) is 93.3 Å². The van der Waals surface area contributed by atoms with Crippen molar-refractivity contribution in [1.82, 2.24) is 14.5 Å². The van der Waals surface area contributed by atoms with Crippen molar-refractivity contribution in [2.75, 3.05) is 25.4 Å². The highest BCUT2D eigenvalue weighted by atomic mass is 35.5. The number of amides is 1. The Balaban J connectivity index is 1.03. The molecule has 1 aromatic heterocycles. The number of ether oxygens (including phenoxy) is 1. The first-order valence-corrected chi connectivity index (χ1v) is 19.8. The number of nitrogens with two attached hydrogens (primary N) is 1. The molecule has 0 bridgehead atoms. The normalized spacial score (nSPS) is 22.5. The molecule has 0 unspecified atom stereocenters. The molecule has 3 aliphatic rings. The molecular weight excluding hydrogens is 689 g/mol. The lowest BCUT2D eigenvalue weighted by molar-refractivity contribution is -0.145. The van der Waals surface area contributed by atoms with Gasteiger partial charge in [0.25, 0.3) is 5.91 Å². The maximum atomic E-state index is 14.0. The monoisotopic (exact) mass is 742 g/mol. The summed E-state index contributed by atoms with van der Waals surface area (Å²) in [6.45, 7) is 3.74. The van der Waals surface area contributed by atoms with Crippen LogP contribution in [0.2, 0.25) is 5.02 Å². The molecule has 2 heterocycles. The maximum Gasteiger partial charge on any atom is 0.418 e. The number of benzene rings is 2. The average molecular weight is 743 g/mol. The van der Waals surface area contributed by atoms with Gasteiger partial charge in [0.1, 0.15) is 6.10 Å². The number of hydrogen-bond acceptors (Lipinski definition) is 4. The maximum absolute atomic E-state index is 14.0. The molecule has 2 aromatic carbocycles. The number of alkyl halides is 3. The summed E-state index contributed by atoms with van der Waals surface area (Å²) in [6.07, 6.45) is 11.4. The van der Waals surface area contributed by atoms with E-state index in [9.17, 15) is 22.8 Å². The zero-order valence-electron chi connectivity index (χ0n) is 30.4. The van der Waals surface area contributed by atoms with E-state index in [-0.39, 0.29) is 34.6 Å². The third-order valence-corrected chi connectivity index (χ3v) is 12.5. The van der Waals surface area contributed by atoms with Gasteiger partial charge in [-0.15, -0.1) is 0 Å². The summed E-state index contributed by atoms with van der Waals surface area (Å²) in [4.78, 5) is 31.5. The fourth-order valence-electron chi connectivity index (χ4n) is 8.93. The van der Waals surface area contributed by atoms with Crippen LogP contribution in [0.1, 0.15) is 114 Å². The van der Waals surface area contributed by atoms with E-state index in [1.807, 2.05) is 33.7 Å². The van der Waals surface area contributed by atoms with Gasteiger partial charge in [-0.3, -0.25) is 9.36 Å². The first kappa shape index (κ1) is 38.5. The number of H-pyrrole nitrogens is 1. The van der Waals surface area contributed by atoms with Crippen molar-refractivity contribution < 1.29 is 22.7 Å². The third-order valence-electron chi connectivity index (χ3n) is 12.1. The van der Waals surface area contributed by atoms with Gasteiger partial charge in [0.2, 0.25) is 0 Å². The molecular formula is C41H54ClF3N4O3. The van der Waals surface area contributed by atoms with Gasteiger partial charge >= 0.3 is 11.9 Å². The molecule has 284 valence electrons. The number of piperidine rings is 1. The number of anilines is 1. The van der Waals surface area contributed by atoms with E-state index in [1.54, 1.807) is 5.57 Å². The van der Waals surface area contributed by atoms with Gasteiger partial charge in [0.15, 0.2) is 0 Å². The minimum atomic E-state index is -4.67. The molecule has 1 aliphatic heterocycles. The van der Waals surface area contributed by atoms with Crippen molar-refractivity contribution in [1.29, 1.82) is 0 Å². The molecule has 2 aliphatic carbocycles. The molecule has 3 N–H and O–H groups in total. The fourth-order valence-corrected chi connectivity index (χ4v) is 9.17. The van der Waals surface area contributed by atoms with Gasteiger partial charge in [-0.05, 0) is 132 Å². The highest BCUT2D eigenvalue weighted by molar-refractivity contribution is 6.33. The van der Waals surface area contributed by atoms with E-state index in [0.29, 0.717) is 31.5 Å². The molecule has 2 saturated carbocycles. The molecule has 11 heteroatoms. The Bertz CT molecular complexity index is 1740. The summed E-state index contributed by atoms with van der Waals surface area (Å²) >= 11 is 6.16. The minimum Gasteiger partial charge on any atom is -0.397 e. The zero-order chi connectivity index (χ0) is 36.8. The first-order chi connectivity index (χ1) is 25.0. The SMILES string of the molecule is CC=C1CCC(CCC2CCN(C(=O)[C@@H](Cc3cc(Cl)c(N)c(C(F)(F)F)c3)OCCCC3CCC(n4c(=O)[nH]c5ccccc54)CC3)CC2)CC1. The number of nitrogen functional groups attached to an aromatic ring is 1. The number of hydrogen-bond donors (Lipinski definition) is 2. The summed E-state index contributed by atoms with van der Waals surface area (Å²) < 4.78 is 49.6. The Labute approximate surface area is 310 Å². The number of fused-ring (bicyclic) bond motifs is 1. The predicted octanol–water partition coefficient (Wildman–Crippen LogP) is 9.88. The van der Waals surface area contributed by atoms with Gasteiger partial charge in [-0.2, -0.15) is 13.2 Å². The van der Waals surface area contributed by atoms with Gasteiger partial charge in [0, 0.05) is 32.2 Å². The molecule has 0 spiro atoms. The Hall–Kier alpha value is -3.24.